The van der Waals surface area contributed by atoms with Crippen LogP contribution in [0, 0.1) is 0 Å². The minimum Gasteiger partial charge on any atom is -0.459 e. The molecule has 9 nitrogen and oxygen atoms in total. The molecule has 1 aromatic rings. The van der Waals surface area contributed by atoms with E-state index in [0.717, 1.165) is 4.90 Å². The van der Waals surface area contributed by atoms with Gasteiger partial charge in [-0.25, -0.2) is 4.21 Å². The Morgan fingerprint density at radius 2 is 1.94 bits per heavy atom. The summed E-state index contributed by atoms with van der Waals surface area (Å²) in [5.41, 5.74) is 1.52. The molecule has 1 unspecified atom stereocenters. The second kappa shape index (κ2) is 12.8. The molecule has 1 aliphatic rings. The van der Waals surface area contributed by atoms with Crippen LogP contribution in [0.4, 0.5) is 5.69 Å². The van der Waals surface area contributed by atoms with E-state index in [1.807, 2.05) is 0 Å². The molecule has 0 bridgehead atoms. The Hall–Kier alpha value is -3.08. The number of benzene rings is 1. The Balaban J connectivity index is 2.09. The molecule has 0 radical (unpaired) electrons. The molecule has 2 amide bonds. The van der Waals surface area contributed by atoms with Crippen molar-refractivity contribution in [1.82, 2.24) is 10.2 Å². The highest BCUT2D eigenvalue weighted by atomic mass is 32.2. The van der Waals surface area contributed by atoms with Crippen LogP contribution >= 0.6 is 0 Å². The van der Waals surface area contributed by atoms with Gasteiger partial charge in [0.2, 0.25) is 0 Å². The fourth-order valence-electron chi connectivity index (χ4n) is 3.13. The van der Waals surface area contributed by atoms with Crippen molar-refractivity contribution >= 4 is 34.5 Å². The zero-order chi connectivity index (χ0) is 24.4. The second-order valence-corrected chi connectivity index (χ2v) is 8.33. The molecule has 0 aliphatic carbocycles. The van der Waals surface area contributed by atoms with E-state index in [1.165, 1.54) is 30.5 Å². The topological polar surface area (TPSA) is 105 Å². The molecule has 1 N–H and O–H groups in total. The van der Waals surface area contributed by atoms with Gasteiger partial charge in [0.05, 0.1) is 23.4 Å². The number of anilines is 1. The van der Waals surface area contributed by atoms with Gasteiger partial charge >= 0.3 is 5.97 Å². The van der Waals surface area contributed by atoms with Crippen LogP contribution in [-0.4, -0.2) is 79.7 Å². The van der Waals surface area contributed by atoms with Gasteiger partial charge in [0.25, 0.3) is 11.8 Å². The number of hydrogen-bond donors (Lipinski definition) is 1. The summed E-state index contributed by atoms with van der Waals surface area (Å²) in [6.07, 6.45) is 6.24. The lowest BCUT2D eigenvalue weighted by molar-refractivity contribution is -0.142. The van der Waals surface area contributed by atoms with Gasteiger partial charge in [0.15, 0.2) is 0 Å². The van der Waals surface area contributed by atoms with E-state index in [2.05, 4.69) is 18.5 Å². The van der Waals surface area contributed by atoms with E-state index in [4.69, 9.17) is 9.47 Å². The maximum absolute atomic E-state index is 12.9. The molecule has 178 valence electrons. The van der Waals surface area contributed by atoms with Crippen molar-refractivity contribution in [1.29, 1.82) is 0 Å². The third kappa shape index (κ3) is 6.95. The van der Waals surface area contributed by atoms with Crippen molar-refractivity contribution in [3.63, 3.8) is 0 Å². The average molecular weight is 476 g/mol. The Morgan fingerprint density at radius 1 is 1.21 bits per heavy atom. The van der Waals surface area contributed by atoms with Crippen LogP contribution in [0.15, 0.2) is 55.2 Å². The van der Waals surface area contributed by atoms with E-state index in [0.29, 0.717) is 37.5 Å². The van der Waals surface area contributed by atoms with Gasteiger partial charge in [0, 0.05) is 33.0 Å². The third-order valence-electron chi connectivity index (χ3n) is 4.81. The molecule has 1 aliphatic heterocycles. The van der Waals surface area contributed by atoms with Gasteiger partial charge in [-0.1, -0.05) is 31.4 Å². The Kier molecular flexibility index (Phi) is 10.2. The van der Waals surface area contributed by atoms with Crippen molar-refractivity contribution in [2.75, 3.05) is 57.1 Å². The lowest BCUT2D eigenvalue weighted by atomic mass is 10.1. The number of esters is 1. The monoisotopic (exact) mass is 475 g/mol. The van der Waals surface area contributed by atoms with Gasteiger partial charge in [-0.3, -0.25) is 23.6 Å². The van der Waals surface area contributed by atoms with Crippen LogP contribution in [0.5, 0.6) is 0 Å². The summed E-state index contributed by atoms with van der Waals surface area (Å²) in [4.78, 5) is 38.6. The van der Waals surface area contributed by atoms with Crippen LogP contribution in [0.1, 0.15) is 20.7 Å². The summed E-state index contributed by atoms with van der Waals surface area (Å²) in [5, 5.41) is 3.17. The summed E-state index contributed by atoms with van der Waals surface area (Å²) in [6.45, 7) is 8.82. The van der Waals surface area contributed by atoms with E-state index in [1.54, 1.807) is 23.6 Å². The summed E-state index contributed by atoms with van der Waals surface area (Å²) >= 11 is 0. The predicted molar refractivity (Wildman–Crippen MR) is 127 cm³/mol. The highest BCUT2D eigenvalue weighted by molar-refractivity contribution is 7.85. The van der Waals surface area contributed by atoms with Crippen LogP contribution in [0.25, 0.3) is 0 Å². The predicted octanol–water partition coefficient (Wildman–Crippen LogP) is 1.46. The first-order valence-corrected chi connectivity index (χ1v) is 11.8. The number of hydrogen-bond acceptors (Lipinski definition) is 7. The smallest absolute Gasteiger partial charge is 0.326 e. The van der Waals surface area contributed by atoms with Gasteiger partial charge in [0.1, 0.15) is 24.1 Å². The highest BCUT2D eigenvalue weighted by Crippen LogP contribution is 2.28. The molecule has 10 heteroatoms. The van der Waals surface area contributed by atoms with Crippen LogP contribution in [0.3, 0.4) is 0 Å². The van der Waals surface area contributed by atoms with Crippen LogP contribution < -0.4 is 9.62 Å². The first kappa shape index (κ1) is 26.2. The number of ether oxygens (including phenoxy) is 2. The van der Waals surface area contributed by atoms with Crippen molar-refractivity contribution in [3.05, 3.63) is 66.3 Å². The van der Waals surface area contributed by atoms with Crippen LogP contribution in [-0.2, 0) is 25.3 Å². The average Bonchev–Trinajstić information content (AvgIpc) is 3.03. The number of fused-ring (bicyclic) bond motifs is 1. The molecule has 2 rings (SSSR count). The SMILES string of the molecule is C=C/C=C(\C=C)COC(=O)CN1C(=O)c2ccc(N(CCNCCOC)S(C)=O)cc2C1=O. The fraction of sp³-hybridized carbons (Fsp3) is 0.348. The molecular weight excluding hydrogens is 446 g/mol. The maximum atomic E-state index is 12.9. The van der Waals surface area contributed by atoms with E-state index < -0.39 is 35.3 Å². The molecule has 33 heavy (non-hydrogen) atoms. The van der Waals surface area contributed by atoms with Crippen molar-refractivity contribution in [2.24, 2.45) is 0 Å². The first-order valence-electron chi connectivity index (χ1n) is 10.2. The van der Waals surface area contributed by atoms with E-state index >= 15 is 0 Å². The number of nitrogens with one attached hydrogen (secondary N) is 1. The third-order valence-corrected chi connectivity index (χ3v) is 5.82. The van der Waals surface area contributed by atoms with Crippen molar-refractivity contribution < 1.29 is 28.1 Å². The van der Waals surface area contributed by atoms with Gasteiger partial charge in [-0.05, 0) is 23.8 Å². The minimum atomic E-state index is -1.35. The fourth-order valence-corrected chi connectivity index (χ4v) is 3.89. The molecule has 0 fully saturated rings. The number of imide groups is 1. The normalized spacial score (nSPS) is 14.1. The molecule has 1 heterocycles. The number of nitrogens with zero attached hydrogens (tertiary/aromatic N) is 2. The van der Waals surface area contributed by atoms with Crippen molar-refractivity contribution in [2.45, 2.75) is 0 Å². The Bertz CT molecular complexity index is 975. The summed E-state index contributed by atoms with van der Waals surface area (Å²) < 4.78 is 24.0. The number of rotatable bonds is 14. The standard InChI is InChI=1S/C23H29N3O6S/c1-5-7-17(6-2)16-32-21(27)15-25-22(28)19-9-8-18(14-20(19)23(25)29)26(33(4)30)12-10-24-11-13-31-3/h5-9,14,24H,1-2,10-13,15-16H2,3-4H3/b17-7+. The number of amides is 2. The number of allylic oxidation sites excluding steroid dienone is 2. The highest BCUT2D eigenvalue weighted by Gasteiger charge is 2.37. The lowest BCUT2D eigenvalue weighted by Gasteiger charge is -2.22. The molecule has 1 atom stereocenters. The quantitative estimate of drug-likeness (QED) is 0.188. The largest absolute Gasteiger partial charge is 0.459 e. The second-order valence-electron chi connectivity index (χ2n) is 7.04. The number of carbonyl (C=O) groups excluding carboxylic acids is 3. The minimum absolute atomic E-state index is 0.0443. The Morgan fingerprint density at radius 3 is 2.58 bits per heavy atom. The molecule has 1 aromatic carbocycles. The zero-order valence-electron chi connectivity index (χ0n) is 18.9. The maximum Gasteiger partial charge on any atom is 0.326 e. The van der Waals surface area contributed by atoms with Crippen molar-refractivity contribution in [3.8, 4) is 0 Å². The molecule has 0 spiro atoms. The van der Waals surface area contributed by atoms with Crippen LogP contribution in [0.2, 0.25) is 0 Å². The first-order chi connectivity index (χ1) is 15.8. The molecule has 0 aromatic heterocycles. The summed E-state index contributed by atoms with van der Waals surface area (Å²) in [7, 11) is 0.262. The zero-order valence-corrected chi connectivity index (χ0v) is 19.7. The van der Waals surface area contributed by atoms with Gasteiger partial charge in [-0.2, -0.15) is 0 Å². The van der Waals surface area contributed by atoms with Gasteiger partial charge < -0.3 is 14.8 Å². The van der Waals surface area contributed by atoms with E-state index in [9.17, 15) is 18.6 Å². The summed E-state index contributed by atoms with van der Waals surface area (Å²) in [5.74, 6) is -1.89. The Labute approximate surface area is 196 Å². The van der Waals surface area contributed by atoms with E-state index in [-0.39, 0.29) is 17.7 Å². The number of carbonyl (C=O) groups is 3. The molecule has 0 saturated heterocycles. The molecular formula is C23H29N3O6S. The number of methoxy groups -OCH3 is 1. The lowest BCUT2D eigenvalue weighted by Crippen LogP contribution is -2.36. The molecule has 0 saturated carbocycles. The summed E-state index contributed by atoms with van der Waals surface area (Å²) in [6, 6.07) is 4.68. The van der Waals surface area contributed by atoms with Gasteiger partial charge in [-0.15, -0.1) is 0 Å².